The summed E-state index contributed by atoms with van der Waals surface area (Å²) in [6.45, 7) is 2.06. The van der Waals surface area contributed by atoms with Gasteiger partial charge in [-0.25, -0.2) is 9.97 Å². The smallest absolute Gasteiger partial charge is 0.160 e. The Morgan fingerprint density at radius 1 is 0.850 bits per heavy atom. The van der Waals surface area contributed by atoms with Crippen molar-refractivity contribution in [2.24, 2.45) is 0 Å². The molecule has 0 radical (unpaired) electrons. The number of aromatic nitrogens is 2. The van der Waals surface area contributed by atoms with Gasteiger partial charge in [-0.15, -0.1) is 11.3 Å². The molecular formula is C17H12N2S. The lowest BCUT2D eigenvalue weighted by Crippen LogP contribution is -1.91. The fourth-order valence-electron chi connectivity index (χ4n) is 2.44. The molecule has 0 amide bonds. The highest BCUT2D eigenvalue weighted by Crippen LogP contribution is 2.34. The Kier molecular flexibility index (Phi) is 2.54. The van der Waals surface area contributed by atoms with Crippen LogP contribution in [0.4, 0.5) is 0 Å². The van der Waals surface area contributed by atoms with Crippen molar-refractivity contribution in [1.82, 2.24) is 9.97 Å². The second-order valence-corrected chi connectivity index (χ2v) is 5.83. The molecule has 2 heterocycles. The minimum absolute atomic E-state index is 0.805. The second-order valence-electron chi connectivity index (χ2n) is 4.77. The number of thiophene rings is 1. The van der Waals surface area contributed by atoms with E-state index in [2.05, 4.69) is 48.3 Å². The first-order chi connectivity index (χ1) is 9.83. The molecule has 3 heteroatoms. The van der Waals surface area contributed by atoms with Gasteiger partial charge in [-0.2, -0.15) is 0 Å². The third-order valence-corrected chi connectivity index (χ3v) is 4.69. The van der Waals surface area contributed by atoms with Crippen LogP contribution < -0.4 is 0 Å². The molecule has 96 valence electrons. The average molecular weight is 276 g/mol. The van der Waals surface area contributed by atoms with Crippen LogP contribution >= 0.6 is 11.3 Å². The molecule has 2 aromatic carbocycles. The van der Waals surface area contributed by atoms with E-state index in [-0.39, 0.29) is 0 Å². The van der Waals surface area contributed by atoms with Gasteiger partial charge in [0.25, 0.3) is 0 Å². The van der Waals surface area contributed by atoms with E-state index in [9.17, 15) is 0 Å². The molecule has 0 bridgehead atoms. The minimum atomic E-state index is 0.805. The van der Waals surface area contributed by atoms with Gasteiger partial charge < -0.3 is 0 Å². The number of hydrogen-bond donors (Lipinski definition) is 0. The van der Waals surface area contributed by atoms with Crippen LogP contribution in [-0.4, -0.2) is 9.97 Å². The van der Waals surface area contributed by atoms with Crippen molar-refractivity contribution in [2.75, 3.05) is 0 Å². The minimum Gasteiger partial charge on any atom is -0.232 e. The predicted molar refractivity (Wildman–Crippen MR) is 85.1 cm³/mol. The van der Waals surface area contributed by atoms with Crippen LogP contribution in [0.2, 0.25) is 0 Å². The van der Waals surface area contributed by atoms with E-state index in [4.69, 9.17) is 4.98 Å². The van der Waals surface area contributed by atoms with Gasteiger partial charge in [0.15, 0.2) is 5.82 Å². The Morgan fingerprint density at radius 2 is 1.60 bits per heavy atom. The zero-order valence-electron chi connectivity index (χ0n) is 11.0. The summed E-state index contributed by atoms with van der Waals surface area (Å²) in [7, 11) is 0. The normalized spacial score (nSPS) is 11.2. The molecule has 2 aromatic heterocycles. The fraction of sp³-hybridized carbons (Fsp3) is 0.0588. The third-order valence-electron chi connectivity index (χ3n) is 3.42. The molecule has 0 saturated heterocycles. The first-order valence-corrected chi connectivity index (χ1v) is 7.36. The van der Waals surface area contributed by atoms with Crippen molar-refractivity contribution in [3.8, 4) is 11.4 Å². The van der Waals surface area contributed by atoms with Crippen LogP contribution in [0.1, 0.15) is 5.69 Å². The van der Waals surface area contributed by atoms with Gasteiger partial charge in [0.1, 0.15) is 0 Å². The maximum atomic E-state index is 4.79. The SMILES string of the molecule is Cc1nc(-c2ccccc2)nc2c1sc1ccccc12. The second kappa shape index (κ2) is 4.39. The lowest BCUT2D eigenvalue weighted by atomic mass is 10.2. The van der Waals surface area contributed by atoms with E-state index in [0.29, 0.717) is 0 Å². The molecule has 0 fully saturated rings. The molecule has 4 rings (SSSR count). The molecule has 20 heavy (non-hydrogen) atoms. The van der Waals surface area contributed by atoms with E-state index in [1.165, 1.54) is 14.8 Å². The molecule has 0 saturated carbocycles. The van der Waals surface area contributed by atoms with E-state index >= 15 is 0 Å². The van der Waals surface area contributed by atoms with E-state index in [0.717, 1.165) is 22.6 Å². The summed E-state index contributed by atoms with van der Waals surface area (Å²) in [6, 6.07) is 18.6. The summed E-state index contributed by atoms with van der Waals surface area (Å²) < 4.78 is 2.45. The Labute approximate surface area is 120 Å². The van der Waals surface area contributed by atoms with Gasteiger partial charge in [-0.3, -0.25) is 0 Å². The summed E-state index contributed by atoms with van der Waals surface area (Å²) in [5.74, 6) is 0.805. The number of benzene rings is 2. The molecule has 0 aliphatic carbocycles. The highest BCUT2D eigenvalue weighted by molar-refractivity contribution is 7.25. The summed E-state index contributed by atoms with van der Waals surface area (Å²) >= 11 is 1.77. The molecule has 0 aliphatic heterocycles. The highest BCUT2D eigenvalue weighted by atomic mass is 32.1. The number of fused-ring (bicyclic) bond motifs is 3. The highest BCUT2D eigenvalue weighted by Gasteiger charge is 2.11. The number of aryl methyl sites for hydroxylation is 1. The monoisotopic (exact) mass is 276 g/mol. The summed E-state index contributed by atoms with van der Waals surface area (Å²) in [4.78, 5) is 9.46. The van der Waals surface area contributed by atoms with Gasteiger partial charge in [-0.1, -0.05) is 48.5 Å². The van der Waals surface area contributed by atoms with E-state index in [1.54, 1.807) is 11.3 Å². The number of rotatable bonds is 1. The van der Waals surface area contributed by atoms with Crippen molar-refractivity contribution in [3.05, 3.63) is 60.3 Å². The molecule has 0 unspecified atom stereocenters. The fourth-order valence-corrected chi connectivity index (χ4v) is 3.53. The lowest BCUT2D eigenvalue weighted by molar-refractivity contribution is 1.17. The molecule has 2 nitrogen and oxygen atoms in total. The quantitative estimate of drug-likeness (QED) is 0.498. The van der Waals surface area contributed by atoms with Crippen molar-refractivity contribution < 1.29 is 0 Å². The topological polar surface area (TPSA) is 25.8 Å². The van der Waals surface area contributed by atoms with Crippen LogP contribution in [0, 0.1) is 6.92 Å². The zero-order chi connectivity index (χ0) is 13.5. The van der Waals surface area contributed by atoms with Crippen molar-refractivity contribution in [1.29, 1.82) is 0 Å². The standard InChI is InChI=1S/C17H12N2S/c1-11-16-15(13-9-5-6-10-14(13)20-16)19-17(18-11)12-7-3-2-4-8-12/h2-10H,1H3. The van der Waals surface area contributed by atoms with Crippen LogP contribution in [0.5, 0.6) is 0 Å². The summed E-state index contributed by atoms with van der Waals surface area (Å²) in [6.07, 6.45) is 0. The summed E-state index contributed by atoms with van der Waals surface area (Å²) in [5.41, 5.74) is 3.18. The van der Waals surface area contributed by atoms with Gasteiger partial charge >= 0.3 is 0 Å². The van der Waals surface area contributed by atoms with Crippen molar-refractivity contribution in [3.63, 3.8) is 0 Å². The number of nitrogens with zero attached hydrogens (tertiary/aromatic N) is 2. The largest absolute Gasteiger partial charge is 0.232 e. The van der Waals surface area contributed by atoms with Gasteiger partial charge in [0, 0.05) is 15.6 Å². The molecular weight excluding hydrogens is 264 g/mol. The van der Waals surface area contributed by atoms with Gasteiger partial charge in [0.2, 0.25) is 0 Å². The van der Waals surface area contributed by atoms with Gasteiger partial charge in [0.05, 0.1) is 15.9 Å². The Morgan fingerprint density at radius 3 is 2.45 bits per heavy atom. The zero-order valence-corrected chi connectivity index (χ0v) is 11.8. The molecule has 0 N–H and O–H groups in total. The molecule has 0 atom stereocenters. The van der Waals surface area contributed by atoms with Crippen LogP contribution in [0.25, 0.3) is 31.7 Å². The average Bonchev–Trinajstić information content (AvgIpc) is 2.88. The van der Waals surface area contributed by atoms with Crippen molar-refractivity contribution in [2.45, 2.75) is 6.92 Å². The van der Waals surface area contributed by atoms with Gasteiger partial charge in [-0.05, 0) is 13.0 Å². The van der Waals surface area contributed by atoms with Crippen molar-refractivity contribution >= 4 is 31.6 Å². The first-order valence-electron chi connectivity index (χ1n) is 6.54. The van der Waals surface area contributed by atoms with E-state index in [1.807, 2.05) is 18.2 Å². The Hall–Kier alpha value is -2.26. The lowest BCUT2D eigenvalue weighted by Gasteiger charge is -2.02. The molecule has 0 aliphatic rings. The van der Waals surface area contributed by atoms with Crippen LogP contribution in [0.3, 0.4) is 0 Å². The van der Waals surface area contributed by atoms with Crippen LogP contribution in [0.15, 0.2) is 54.6 Å². The molecule has 4 aromatic rings. The third kappa shape index (κ3) is 1.71. The maximum Gasteiger partial charge on any atom is 0.160 e. The van der Waals surface area contributed by atoms with Crippen LogP contribution in [-0.2, 0) is 0 Å². The molecule has 0 spiro atoms. The predicted octanol–water partition coefficient (Wildman–Crippen LogP) is 4.82. The maximum absolute atomic E-state index is 4.79. The number of hydrogen-bond acceptors (Lipinski definition) is 3. The van der Waals surface area contributed by atoms with E-state index < -0.39 is 0 Å². The summed E-state index contributed by atoms with van der Waals surface area (Å²) in [5, 5.41) is 1.22. The Balaban J connectivity index is 2.08. The Bertz CT molecular complexity index is 910. The first kappa shape index (κ1) is 11.6.